The summed E-state index contributed by atoms with van der Waals surface area (Å²) >= 11 is 0. The van der Waals surface area contributed by atoms with Gasteiger partial charge in [-0.2, -0.15) is 0 Å². The van der Waals surface area contributed by atoms with Gasteiger partial charge in [-0.1, -0.05) is 126 Å². The SMILES string of the molecule is COc1ccc(C(OC[C@@](CO)(CO[Si](C(C)C)(C(C)C)C(C)C)OC(CO)n2ccc(=O)n(COCc3ccccc3)c2=O)(c2ccccc2)c2ccc(OC)cc2)cc1. The zero-order chi connectivity index (χ0) is 44.2. The molecule has 0 aliphatic carbocycles. The molecule has 0 fully saturated rings. The van der Waals surface area contributed by atoms with Gasteiger partial charge in [0.15, 0.2) is 14.5 Å². The average Bonchev–Trinajstić information content (AvgIpc) is 3.27. The minimum absolute atomic E-state index is 0.133. The van der Waals surface area contributed by atoms with Crippen molar-refractivity contribution in [1.29, 1.82) is 0 Å². The van der Waals surface area contributed by atoms with Gasteiger partial charge in [0.1, 0.15) is 29.4 Å². The molecular weight excluding hydrogens is 793 g/mol. The summed E-state index contributed by atoms with van der Waals surface area (Å²) in [5.41, 5.74) is -0.614. The number of aliphatic hydroxyl groups is 2. The molecule has 0 bridgehead atoms. The molecule has 61 heavy (non-hydrogen) atoms. The molecule has 1 unspecified atom stereocenters. The largest absolute Gasteiger partial charge is 0.497 e. The Balaban J connectivity index is 1.64. The summed E-state index contributed by atoms with van der Waals surface area (Å²) in [6.07, 6.45) is -0.101. The fourth-order valence-electron chi connectivity index (χ4n) is 8.48. The molecule has 5 rings (SSSR count). The summed E-state index contributed by atoms with van der Waals surface area (Å²) < 4.78 is 40.2. The van der Waals surface area contributed by atoms with Gasteiger partial charge in [-0.25, -0.2) is 9.36 Å². The van der Waals surface area contributed by atoms with E-state index in [-0.39, 0.29) is 43.2 Å². The minimum Gasteiger partial charge on any atom is -0.497 e. The normalized spacial score (nSPS) is 13.7. The van der Waals surface area contributed by atoms with Gasteiger partial charge in [0.05, 0.1) is 47.3 Å². The molecule has 12 nitrogen and oxygen atoms in total. The first-order chi connectivity index (χ1) is 29.3. The predicted octanol–water partition coefficient (Wildman–Crippen LogP) is 7.64. The Morgan fingerprint density at radius 1 is 0.656 bits per heavy atom. The van der Waals surface area contributed by atoms with E-state index in [0.29, 0.717) is 11.5 Å². The van der Waals surface area contributed by atoms with Crippen molar-refractivity contribution in [2.24, 2.45) is 0 Å². The van der Waals surface area contributed by atoms with Gasteiger partial charge in [-0.15, -0.1) is 0 Å². The molecule has 0 spiro atoms. The molecule has 0 aliphatic heterocycles. The summed E-state index contributed by atoms with van der Waals surface area (Å²) in [5, 5.41) is 22.7. The monoisotopic (exact) mass is 854 g/mol. The molecule has 328 valence electrons. The summed E-state index contributed by atoms with van der Waals surface area (Å²) in [5.74, 6) is 1.31. The second-order valence-corrected chi connectivity index (χ2v) is 21.7. The highest BCUT2D eigenvalue weighted by atomic mass is 28.4. The lowest BCUT2D eigenvalue weighted by Crippen LogP contribution is -2.56. The van der Waals surface area contributed by atoms with E-state index in [0.717, 1.165) is 31.4 Å². The highest BCUT2D eigenvalue weighted by molar-refractivity contribution is 6.77. The van der Waals surface area contributed by atoms with Crippen LogP contribution in [0.25, 0.3) is 0 Å². The van der Waals surface area contributed by atoms with E-state index in [1.807, 2.05) is 109 Å². The van der Waals surface area contributed by atoms with Crippen LogP contribution in [0.4, 0.5) is 0 Å². The lowest BCUT2D eigenvalue weighted by molar-refractivity contribution is -0.212. The zero-order valence-electron chi connectivity index (χ0n) is 36.7. The molecule has 0 radical (unpaired) electrons. The van der Waals surface area contributed by atoms with Crippen LogP contribution in [0, 0.1) is 0 Å². The van der Waals surface area contributed by atoms with Crippen LogP contribution in [0.15, 0.2) is 131 Å². The topological polar surface area (TPSA) is 140 Å². The maximum atomic E-state index is 14.1. The molecule has 2 N–H and O–H groups in total. The summed E-state index contributed by atoms with van der Waals surface area (Å²) in [6.45, 7) is 11.1. The van der Waals surface area contributed by atoms with Gasteiger partial charge in [-0.05, 0) is 63.1 Å². The molecule has 4 aromatic carbocycles. The molecule has 13 heteroatoms. The first kappa shape index (κ1) is 47.2. The molecule has 0 saturated heterocycles. The van der Waals surface area contributed by atoms with Gasteiger partial charge in [0.2, 0.25) is 0 Å². The third kappa shape index (κ3) is 10.4. The van der Waals surface area contributed by atoms with Crippen molar-refractivity contribution in [3.05, 3.63) is 165 Å². The molecule has 0 aliphatic rings. The van der Waals surface area contributed by atoms with Crippen molar-refractivity contribution in [2.75, 3.05) is 40.6 Å². The number of aliphatic hydroxyl groups excluding tert-OH is 2. The lowest BCUT2D eigenvalue weighted by Gasteiger charge is -2.46. The number of hydrogen-bond donors (Lipinski definition) is 2. The third-order valence-corrected chi connectivity index (χ3v) is 17.6. The van der Waals surface area contributed by atoms with Crippen LogP contribution >= 0.6 is 0 Å². The summed E-state index contributed by atoms with van der Waals surface area (Å²) in [4.78, 5) is 27.1. The van der Waals surface area contributed by atoms with Crippen LogP contribution in [0.5, 0.6) is 11.5 Å². The molecule has 0 saturated carbocycles. The van der Waals surface area contributed by atoms with Crippen LogP contribution in [-0.4, -0.2) is 73.9 Å². The van der Waals surface area contributed by atoms with E-state index in [4.69, 9.17) is 28.1 Å². The number of rotatable bonds is 23. The number of aromatic nitrogens is 2. The Morgan fingerprint density at radius 3 is 1.64 bits per heavy atom. The zero-order valence-corrected chi connectivity index (χ0v) is 37.7. The van der Waals surface area contributed by atoms with Crippen molar-refractivity contribution in [2.45, 2.75) is 88.9 Å². The van der Waals surface area contributed by atoms with Crippen molar-refractivity contribution in [1.82, 2.24) is 9.13 Å². The van der Waals surface area contributed by atoms with Gasteiger partial charge >= 0.3 is 5.69 Å². The molecule has 1 aromatic heterocycles. The Labute approximate surface area is 360 Å². The van der Waals surface area contributed by atoms with Crippen molar-refractivity contribution < 1.29 is 38.3 Å². The van der Waals surface area contributed by atoms with E-state index >= 15 is 0 Å². The van der Waals surface area contributed by atoms with E-state index < -0.39 is 50.2 Å². The number of methoxy groups -OCH3 is 2. The van der Waals surface area contributed by atoms with Gasteiger partial charge < -0.3 is 38.3 Å². The predicted molar refractivity (Wildman–Crippen MR) is 238 cm³/mol. The van der Waals surface area contributed by atoms with Gasteiger partial charge in [0, 0.05) is 12.3 Å². The van der Waals surface area contributed by atoms with Crippen molar-refractivity contribution >= 4 is 8.32 Å². The smallest absolute Gasteiger partial charge is 0.335 e. The van der Waals surface area contributed by atoms with E-state index in [9.17, 15) is 19.8 Å². The molecule has 0 amide bonds. The maximum absolute atomic E-state index is 14.1. The van der Waals surface area contributed by atoms with Crippen LogP contribution < -0.4 is 20.7 Å². The fraction of sp³-hybridized carbons (Fsp3) is 0.417. The lowest BCUT2D eigenvalue weighted by atomic mass is 9.79. The second-order valence-electron chi connectivity index (χ2n) is 16.2. The summed E-state index contributed by atoms with van der Waals surface area (Å²) in [7, 11) is 0.590. The standard InChI is InChI=1S/C48H62N2O10Si/c1-35(2)61(36(3)4,37(5)6)59-33-47(31-52,60-45(29-51)49-28-27-44(53)50(46(49)54)34-57-30-38-15-11-9-12-16-38)32-58-48(39-17-13-10-14-18-39,40-19-23-42(55-7)24-20-40)41-21-25-43(56-8)26-22-41/h9-28,35-37,45,51-52H,29-34H2,1-8H3/t45?,47-/m0/s1. The summed E-state index contributed by atoms with van der Waals surface area (Å²) in [6, 6.07) is 35.5. The van der Waals surface area contributed by atoms with E-state index in [1.54, 1.807) is 14.2 Å². The first-order valence-electron chi connectivity index (χ1n) is 20.8. The van der Waals surface area contributed by atoms with Crippen molar-refractivity contribution in [3.63, 3.8) is 0 Å². The van der Waals surface area contributed by atoms with Crippen LogP contribution in [0.1, 0.15) is 70.0 Å². The number of ether oxygens (including phenoxy) is 5. The van der Waals surface area contributed by atoms with E-state index in [2.05, 4.69) is 41.5 Å². The Morgan fingerprint density at radius 2 is 1.16 bits per heavy atom. The maximum Gasteiger partial charge on any atom is 0.335 e. The Kier molecular flexibility index (Phi) is 16.5. The molecular formula is C48H62N2O10Si. The molecule has 1 heterocycles. The van der Waals surface area contributed by atoms with Crippen LogP contribution in [0.3, 0.4) is 0 Å². The highest BCUT2D eigenvalue weighted by Gasteiger charge is 2.49. The molecule has 5 aromatic rings. The highest BCUT2D eigenvalue weighted by Crippen LogP contribution is 2.45. The first-order valence-corrected chi connectivity index (χ1v) is 22.9. The average molecular weight is 855 g/mol. The number of benzene rings is 4. The second kappa shape index (κ2) is 21.3. The quantitative estimate of drug-likeness (QED) is 0.0498. The number of hydrogen-bond acceptors (Lipinski definition) is 10. The fourth-order valence-corrected chi connectivity index (χ4v) is 14.0. The van der Waals surface area contributed by atoms with Crippen molar-refractivity contribution in [3.8, 4) is 11.5 Å². The van der Waals surface area contributed by atoms with Crippen LogP contribution in [0.2, 0.25) is 16.6 Å². The Bertz CT molecular complexity index is 2140. The van der Waals surface area contributed by atoms with Gasteiger partial charge in [0.25, 0.3) is 5.56 Å². The number of nitrogens with zero attached hydrogens (tertiary/aromatic N) is 2. The third-order valence-electron chi connectivity index (χ3n) is 11.6. The molecule has 2 atom stereocenters. The van der Waals surface area contributed by atoms with E-state index in [1.165, 1.54) is 12.3 Å². The van der Waals surface area contributed by atoms with Gasteiger partial charge in [-0.3, -0.25) is 9.36 Å². The van der Waals surface area contributed by atoms with Crippen LogP contribution in [-0.2, 0) is 37.6 Å². The minimum atomic E-state index is -2.62. The Hall–Kier alpha value is -4.86.